The normalized spacial score (nSPS) is 20.3. The summed E-state index contributed by atoms with van der Waals surface area (Å²) < 4.78 is 0. The van der Waals surface area contributed by atoms with E-state index >= 15 is 0 Å². The highest BCUT2D eigenvalue weighted by Gasteiger charge is 2.49. The summed E-state index contributed by atoms with van der Waals surface area (Å²) in [5.41, 5.74) is -0.0346. The zero-order valence-corrected chi connectivity index (χ0v) is 11.5. The third-order valence-electron chi connectivity index (χ3n) is 4.00. The van der Waals surface area contributed by atoms with Crippen molar-refractivity contribution in [2.45, 2.75) is 38.8 Å². The van der Waals surface area contributed by atoms with E-state index in [0.29, 0.717) is 11.4 Å². The van der Waals surface area contributed by atoms with Gasteiger partial charge in [-0.1, -0.05) is 12.1 Å². The molecule has 0 spiro atoms. The Kier molecular flexibility index (Phi) is 2.90. The first-order valence-electron chi connectivity index (χ1n) is 6.09. The van der Waals surface area contributed by atoms with Crippen molar-refractivity contribution in [1.82, 2.24) is 5.06 Å². The Morgan fingerprint density at radius 3 is 2.05 bits per heavy atom. The smallest absolute Gasteiger partial charge is 0.335 e. The fraction of sp³-hybridized carbons (Fsp3) is 0.429. The van der Waals surface area contributed by atoms with Gasteiger partial charge in [0.1, 0.15) is 0 Å². The number of rotatable bonds is 2. The first kappa shape index (κ1) is 13.5. The number of carboxylic acid groups (broad SMARTS) is 1. The van der Waals surface area contributed by atoms with Crippen molar-refractivity contribution >= 4 is 11.8 Å². The molecule has 5 nitrogen and oxygen atoms in total. The summed E-state index contributed by atoms with van der Waals surface area (Å²) in [5, 5.41) is 20.3. The molecule has 0 saturated heterocycles. The van der Waals surface area contributed by atoms with Gasteiger partial charge in [0.2, 0.25) is 0 Å². The van der Waals surface area contributed by atoms with Crippen LogP contribution in [0.1, 0.15) is 43.6 Å². The van der Waals surface area contributed by atoms with Crippen LogP contribution in [0.5, 0.6) is 0 Å². The van der Waals surface area contributed by atoms with E-state index in [-0.39, 0.29) is 5.56 Å². The molecule has 1 aliphatic heterocycles. The van der Waals surface area contributed by atoms with Gasteiger partial charge >= 0.3 is 5.97 Å². The molecule has 1 aromatic rings. The van der Waals surface area contributed by atoms with Crippen LogP contribution >= 0.6 is 0 Å². The van der Waals surface area contributed by atoms with E-state index in [4.69, 9.17) is 5.11 Å². The molecule has 1 heterocycles. The van der Waals surface area contributed by atoms with Gasteiger partial charge in [-0.05, 0) is 39.8 Å². The van der Waals surface area contributed by atoms with Gasteiger partial charge < -0.3 is 5.11 Å². The molecular formula is C14H18N2O3. The Balaban J connectivity index is 2.41. The molecule has 19 heavy (non-hydrogen) atoms. The van der Waals surface area contributed by atoms with Crippen molar-refractivity contribution in [3.8, 4) is 0 Å². The molecule has 0 aromatic heterocycles. The van der Waals surface area contributed by atoms with E-state index in [9.17, 15) is 10.0 Å². The molecule has 102 valence electrons. The van der Waals surface area contributed by atoms with Crippen molar-refractivity contribution in [2.24, 2.45) is 4.99 Å². The molecule has 0 unspecified atom stereocenters. The molecule has 2 rings (SSSR count). The lowest BCUT2D eigenvalue weighted by molar-refractivity contribution is -0.0992. The number of carbonyl (C=O) groups is 1. The standard InChI is InChI=1S/C14H18N2O3/c1-13(2)14(3,4)16(19)11(15-13)9-5-7-10(8-6-9)12(17)18/h5-8,19H,1-4H3,(H,17,18). The van der Waals surface area contributed by atoms with Crippen LogP contribution in [-0.2, 0) is 0 Å². The minimum Gasteiger partial charge on any atom is -0.478 e. The number of hydroxylamine groups is 2. The maximum Gasteiger partial charge on any atom is 0.335 e. The first-order valence-corrected chi connectivity index (χ1v) is 6.09. The van der Waals surface area contributed by atoms with Crippen molar-refractivity contribution in [3.05, 3.63) is 35.4 Å². The summed E-state index contributed by atoms with van der Waals surface area (Å²) in [6.45, 7) is 7.73. The molecule has 1 aliphatic rings. The molecule has 5 heteroatoms. The van der Waals surface area contributed by atoms with Crippen LogP contribution in [0, 0.1) is 0 Å². The van der Waals surface area contributed by atoms with E-state index in [1.807, 2.05) is 27.7 Å². The van der Waals surface area contributed by atoms with Gasteiger partial charge in [0.15, 0.2) is 5.84 Å². The summed E-state index contributed by atoms with van der Waals surface area (Å²) in [6.07, 6.45) is 0. The third-order valence-corrected chi connectivity index (χ3v) is 4.00. The lowest BCUT2D eigenvalue weighted by Crippen LogP contribution is -2.51. The van der Waals surface area contributed by atoms with Crippen molar-refractivity contribution < 1.29 is 15.1 Å². The van der Waals surface area contributed by atoms with Crippen LogP contribution in [0.25, 0.3) is 0 Å². The average Bonchev–Trinajstić information content (AvgIpc) is 2.49. The monoisotopic (exact) mass is 262 g/mol. The number of benzene rings is 1. The number of carboxylic acids is 1. The summed E-state index contributed by atoms with van der Waals surface area (Å²) in [5.74, 6) is -0.506. The molecule has 0 aliphatic carbocycles. The Morgan fingerprint density at radius 1 is 1.16 bits per heavy atom. The maximum absolute atomic E-state index is 10.8. The Morgan fingerprint density at radius 2 is 1.68 bits per heavy atom. The second kappa shape index (κ2) is 4.06. The SMILES string of the molecule is CC1(C)N=C(c2ccc(C(=O)O)cc2)N(O)C1(C)C. The summed E-state index contributed by atoms with van der Waals surface area (Å²) in [4.78, 5) is 15.4. The van der Waals surface area contributed by atoms with E-state index in [2.05, 4.69) is 4.99 Å². The lowest BCUT2D eigenvalue weighted by Gasteiger charge is -2.36. The van der Waals surface area contributed by atoms with Crippen LogP contribution in [0.3, 0.4) is 0 Å². The second-order valence-electron chi connectivity index (χ2n) is 5.75. The molecule has 0 saturated carbocycles. The van der Waals surface area contributed by atoms with Crippen LogP contribution in [0.2, 0.25) is 0 Å². The predicted octanol–water partition coefficient (Wildman–Crippen LogP) is 2.39. The molecule has 0 bridgehead atoms. The van der Waals surface area contributed by atoms with Gasteiger partial charge in [-0.2, -0.15) is 0 Å². The maximum atomic E-state index is 10.8. The number of hydrogen-bond donors (Lipinski definition) is 2. The summed E-state index contributed by atoms with van der Waals surface area (Å²) in [7, 11) is 0. The molecule has 0 fully saturated rings. The first-order chi connectivity index (χ1) is 8.67. The van der Waals surface area contributed by atoms with Crippen molar-refractivity contribution in [1.29, 1.82) is 0 Å². The number of nitrogens with zero attached hydrogens (tertiary/aromatic N) is 2. The summed E-state index contributed by atoms with van der Waals surface area (Å²) in [6, 6.07) is 6.32. The van der Waals surface area contributed by atoms with Crippen LogP contribution in [-0.4, -0.2) is 38.3 Å². The molecular weight excluding hydrogens is 244 g/mol. The number of amidine groups is 1. The van der Waals surface area contributed by atoms with E-state index in [0.717, 1.165) is 5.06 Å². The van der Waals surface area contributed by atoms with Crippen molar-refractivity contribution in [2.75, 3.05) is 0 Å². The minimum absolute atomic E-state index is 0.213. The second-order valence-corrected chi connectivity index (χ2v) is 5.75. The van der Waals surface area contributed by atoms with Crippen LogP contribution < -0.4 is 0 Å². The van der Waals surface area contributed by atoms with Gasteiger partial charge in [-0.15, -0.1) is 0 Å². The fourth-order valence-corrected chi connectivity index (χ4v) is 1.92. The molecule has 0 atom stereocenters. The molecule has 2 N–H and O–H groups in total. The molecule has 1 aromatic carbocycles. The average molecular weight is 262 g/mol. The Bertz CT molecular complexity index is 544. The van der Waals surface area contributed by atoms with Crippen LogP contribution in [0.15, 0.2) is 29.3 Å². The fourth-order valence-electron chi connectivity index (χ4n) is 1.92. The highest BCUT2D eigenvalue weighted by atomic mass is 16.5. The van der Waals surface area contributed by atoms with E-state index < -0.39 is 17.0 Å². The van der Waals surface area contributed by atoms with Crippen LogP contribution in [0.4, 0.5) is 0 Å². The van der Waals surface area contributed by atoms with Gasteiger partial charge in [-0.3, -0.25) is 10.2 Å². The largest absolute Gasteiger partial charge is 0.478 e. The minimum atomic E-state index is -0.971. The zero-order chi connectivity index (χ0) is 14.4. The van der Waals surface area contributed by atoms with Gasteiger partial charge in [0.05, 0.1) is 16.6 Å². The van der Waals surface area contributed by atoms with Gasteiger partial charge in [-0.25, -0.2) is 9.86 Å². The number of aliphatic imine (C=N–C) groups is 1. The lowest BCUT2D eigenvalue weighted by atomic mass is 9.84. The molecule has 0 radical (unpaired) electrons. The van der Waals surface area contributed by atoms with Crippen molar-refractivity contribution in [3.63, 3.8) is 0 Å². The quantitative estimate of drug-likeness (QED) is 0.858. The van der Waals surface area contributed by atoms with Gasteiger partial charge in [0, 0.05) is 5.56 Å². The Hall–Kier alpha value is -1.88. The number of hydrogen-bond acceptors (Lipinski definition) is 4. The highest BCUT2D eigenvalue weighted by molar-refractivity contribution is 6.01. The topological polar surface area (TPSA) is 73.1 Å². The zero-order valence-electron chi connectivity index (χ0n) is 11.5. The summed E-state index contributed by atoms with van der Waals surface area (Å²) >= 11 is 0. The Labute approximate surface area is 112 Å². The van der Waals surface area contributed by atoms with E-state index in [1.54, 1.807) is 12.1 Å². The number of aromatic carboxylic acids is 1. The molecule has 0 amide bonds. The third kappa shape index (κ3) is 2.00. The predicted molar refractivity (Wildman–Crippen MR) is 71.7 cm³/mol. The van der Waals surface area contributed by atoms with E-state index in [1.165, 1.54) is 12.1 Å². The highest BCUT2D eigenvalue weighted by Crippen LogP contribution is 2.37. The van der Waals surface area contributed by atoms with Gasteiger partial charge in [0.25, 0.3) is 0 Å².